The number of halogens is 2. The summed E-state index contributed by atoms with van der Waals surface area (Å²) in [6.45, 7) is 6.09. The number of aromatic nitrogens is 2. The summed E-state index contributed by atoms with van der Waals surface area (Å²) in [6.07, 6.45) is 1.75. The van der Waals surface area contributed by atoms with E-state index in [2.05, 4.69) is 28.0 Å². The molecule has 0 bridgehead atoms. The van der Waals surface area contributed by atoms with Gasteiger partial charge >= 0.3 is 0 Å². The first-order valence-electron chi connectivity index (χ1n) is 6.70. The standard InChI is InChI=1S/C15H19BrClN3/c1-4-12(18)7-11-5-6-13(8-14(11)17)20-10(3)15(16)9(2)19-20/h5-6,8,12H,4,7,18H2,1-3H3. The lowest BCUT2D eigenvalue weighted by Gasteiger charge is -2.12. The molecular formula is C15H19BrClN3. The van der Waals surface area contributed by atoms with Gasteiger partial charge in [-0.1, -0.05) is 24.6 Å². The van der Waals surface area contributed by atoms with Crippen molar-refractivity contribution in [1.82, 2.24) is 9.78 Å². The quantitative estimate of drug-likeness (QED) is 0.893. The Labute approximate surface area is 133 Å². The number of rotatable bonds is 4. The zero-order valence-electron chi connectivity index (χ0n) is 12.0. The smallest absolute Gasteiger partial charge is 0.0743 e. The summed E-state index contributed by atoms with van der Waals surface area (Å²) in [5.41, 5.74) is 10.1. The van der Waals surface area contributed by atoms with E-state index in [1.807, 2.05) is 36.7 Å². The molecule has 5 heteroatoms. The summed E-state index contributed by atoms with van der Waals surface area (Å²) in [7, 11) is 0. The maximum absolute atomic E-state index is 6.37. The first kappa shape index (κ1) is 15.5. The van der Waals surface area contributed by atoms with Crippen molar-refractivity contribution in [3.05, 3.63) is 44.6 Å². The third kappa shape index (κ3) is 3.08. The summed E-state index contributed by atoms with van der Waals surface area (Å²) in [5, 5.41) is 5.26. The molecule has 3 nitrogen and oxygen atoms in total. The molecule has 0 spiro atoms. The van der Waals surface area contributed by atoms with E-state index in [9.17, 15) is 0 Å². The van der Waals surface area contributed by atoms with E-state index in [-0.39, 0.29) is 6.04 Å². The Kier molecular flexibility index (Phi) is 4.89. The zero-order chi connectivity index (χ0) is 14.9. The molecule has 0 aliphatic heterocycles. The Balaban J connectivity index is 2.35. The van der Waals surface area contributed by atoms with E-state index < -0.39 is 0 Å². The average Bonchev–Trinajstić information content (AvgIpc) is 2.68. The normalized spacial score (nSPS) is 12.7. The summed E-state index contributed by atoms with van der Waals surface area (Å²) < 4.78 is 2.93. The fraction of sp³-hybridized carbons (Fsp3) is 0.400. The van der Waals surface area contributed by atoms with Crippen molar-refractivity contribution in [2.45, 2.75) is 39.7 Å². The van der Waals surface area contributed by atoms with E-state index in [0.717, 1.165) is 45.0 Å². The molecule has 1 aromatic heterocycles. The molecule has 0 radical (unpaired) electrons. The maximum Gasteiger partial charge on any atom is 0.0743 e. The molecule has 1 heterocycles. The van der Waals surface area contributed by atoms with Gasteiger partial charge in [-0.3, -0.25) is 0 Å². The highest BCUT2D eigenvalue weighted by atomic mass is 79.9. The molecule has 0 saturated heterocycles. The second-order valence-electron chi connectivity index (χ2n) is 5.04. The molecule has 1 aromatic carbocycles. The Morgan fingerprint density at radius 2 is 2.10 bits per heavy atom. The molecule has 1 unspecified atom stereocenters. The molecule has 0 saturated carbocycles. The molecule has 108 valence electrons. The molecule has 2 N–H and O–H groups in total. The monoisotopic (exact) mass is 355 g/mol. The number of hydrogen-bond donors (Lipinski definition) is 1. The number of benzene rings is 1. The van der Waals surface area contributed by atoms with Crippen LogP contribution >= 0.6 is 27.5 Å². The van der Waals surface area contributed by atoms with Crippen molar-refractivity contribution in [1.29, 1.82) is 0 Å². The van der Waals surface area contributed by atoms with Crippen LogP contribution in [-0.4, -0.2) is 15.8 Å². The molecular weight excluding hydrogens is 338 g/mol. The summed E-state index contributed by atoms with van der Waals surface area (Å²) in [5.74, 6) is 0. The van der Waals surface area contributed by atoms with Gasteiger partial charge in [-0.25, -0.2) is 4.68 Å². The summed E-state index contributed by atoms with van der Waals surface area (Å²) >= 11 is 9.91. The van der Waals surface area contributed by atoms with E-state index in [0.29, 0.717) is 0 Å². The van der Waals surface area contributed by atoms with Crippen molar-refractivity contribution >= 4 is 27.5 Å². The van der Waals surface area contributed by atoms with E-state index >= 15 is 0 Å². The Morgan fingerprint density at radius 1 is 1.40 bits per heavy atom. The first-order chi connectivity index (χ1) is 9.43. The topological polar surface area (TPSA) is 43.8 Å². The first-order valence-corrected chi connectivity index (χ1v) is 7.87. The fourth-order valence-corrected chi connectivity index (χ4v) is 2.63. The van der Waals surface area contributed by atoms with Gasteiger partial charge in [-0.15, -0.1) is 0 Å². The van der Waals surface area contributed by atoms with Crippen LogP contribution in [-0.2, 0) is 6.42 Å². The zero-order valence-corrected chi connectivity index (χ0v) is 14.3. The Morgan fingerprint density at radius 3 is 2.60 bits per heavy atom. The number of hydrogen-bond acceptors (Lipinski definition) is 2. The lowest BCUT2D eigenvalue weighted by Crippen LogP contribution is -2.21. The second-order valence-corrected chi connectivity index (χ2v) is 6.24. The number of nitrogens with zero attached hydrogens (tertiary/aromatic N) is 2. The molecule has 0 aliphatic rings. The van der Waals surface area contributed by atoms with Crippen molar-refractivity contribution in [3.63, 3.8) is 0 Å². The van der Waals surface area contributed by atoms with Gasteiger partial charge in [0.1, 0.15) is 0 Å². The Hall–Kier alpha value is -0.840. The van der Waals surface area contributed by atoms with Gasteiger partial charge in [0.2, 0.25) is 0 Å². The van der Waals surface area contributed by atoms with Crippen LogP contribution in [0, 0.1) is 13.8 Å². The van der Waals surface area contributed by atoms with Gasteiger partial charge in [-0.2, -0.15) is 5.10 Å². The van der Waals surface area contributed by atoms with Gasteiger partial charge in [-0.05, 0) is 60.3 Å². The van der Waals surface area contributed by atoms with Crippen molar-refractivity contribution < 1.29 is 0 Å². The number of aryl methyl sites for hydroxylation is 1. The van der Waals surface area contributed by atoms with Gasteiger partial charge in [0.05, 0.1) is 21.5 Å². The second kappa shape index (κ2) is 6.29. The highest BCUT2D eigenvalue weighted by molar-refractivity contribution is 9.10. The predicted octanol–water partition coefficient (Wildman–Crippen LogP) is 4.18. The molecule has 1 atom stereocenters. The van der Waals surface area contributed by atoms with Crippen LogP contribution in [0.4, 0.5) is 0 Å². The van der Waals surface area contributed by atoms with E-state index in [4.69, 9.17) is 17.3 Å². The average molecular weight is 357 g/mol. The van der Waals surface area contributed by atoms with Crippen LogP contribution in [0.5, 0.6) is 0 Å². The number of nitrogens with two attached hydrogens (primary N) is 1. The SMILES string of the molecule is CCC(N)Cc1ccc(-n2nc(C)c(Br)c2C)cc1Cl. The third-order valence-electron chi connectivity index (χ3n) is 3.49. The largest absolute Gasteiger partial charge is 0.327 e. The fourth-order valence-electron chi connectivity index (χ4n) is 2.14. The third-order valence-corrected chi connectivity index (χ3v) is 4.99. The van der Waals surface area contributed by atoms with E-state index in [1.54, 1.807) is 0 Å². The van der Waals surface area contributed by atoms with Crippen LogP contribution in [0.3, 0.4) is 0 Å². The molecule has 20 heavy (non-hydrogen) atoms. The van der Waals surface area contributed by atoms with E-state index in [1.165, 1.54) is 0 Å². The molecule has 2 rings (SSSR count). The van der Waals surface area contributed by atoms with Crippen LogP contribution in [0.15, 0.2) is 22.7 Å². The molecule has 0 aliphatic carbocycles. The Bertz CT molecular complexity index is 622. The summed E-state index contributed by atoms with van der Waals surface area (Å²) in [4.78, 5) is 0. The van der Waals surface area contributed by atoms with Gasteiger partial charge in [0, 0.05) is 11.1 Å². The predicted molar refractivity (Wildman–Crippen MR) is 87.7 cm³/mol. The molecule has 2 aromatic rings. The maximum atomic E-state index is 6.37. The molecule has 0 fully saturated rings. The minimum Gasteiger partial charge on any atom is -0.327 e. The van der Waals surface area contributed by atoms with Gasteiger partial charge in [0.15, 0.2) is 0 Å². The summed E-state index contributed by atoms with van der Waals surface area (Å²) in [6, 6.07) is 6.18. The van der Waals surface area contributed by atoms with Crippen molar-refractivity contribution in [3.8, 4) is 5.69 Å². The molecule has 0 amide bonds. The highest BCUT2D eigenvalue weighted by Crippen LogP contribution is 2.26. The minimum atomic E-state index is 0.154. The lowest BCUT2D eigenvalue weighted by molar-refractivity contribution is 0.646. The van der Waals surface area contributed by atoms with Crippen LogP contribution < -0.4 is 5.73 Å². The van der Waals surface area contributed by atoms with Crippen molar-refractivity contribution in [2.24, 2.45) is 5.73 Å². The van der Waals surface area contributed by atoms with Crippen molar-refractivity contribution in [2.75, 3.05) is 0 Å². The highest BCUT2D eigenvalue weighted by Gasteiger charge is 2.12. The van der Waals surface area contributed by atoms with Gasteiger partial charge in [0.25, 0.3) is 0 Å². The van der Waals surface area contributed by atoms with Crippen LogP contribution in [0.2, 0.25) is 5.02 Å². The lowest BCUT2D eigenvalue weighted by atomic mass is 10.0. The van der Waals surface area contributed by atoms with Gasteiger partial charge < -0.3 is 5.73 Å². The minimum absolute atomic E-state index is 0.154. The van der Waals surface area contributed by atoms with Crippen LogP contribution in [0.1, 0.15) is 30.3 Å². The van der Waals surface area contributed by atoms with Crippen LogP contribution in [0.25, 0.3) is 5.69 Å².